The van der Waals surface area contributed by atoms with E-state index in [9.17, 15) is 4.79 Å². The van der Waals surface area contributed by atoms with Gasteiger partial charge >= 0.3 is 0 Å². The van der Waals surface area contributed by atoms with Crippen molar-refractivity contribution in [3.8, 4) is 0 Å². The van der Waals surface area contributed by atoms with E-state index in [1.165, 1.54) is 0 Å². The highest BCUT2D eigenvalue weighted by molar-refractivity contribution is 5.94. The Balaban J connectivity index is 1.69. The Morgan fingerprint density at radius 3 is 3.12 bits per heavy atom. The predicted molar refractivity (Wildman–Crippen MR) is 93.2 cm³/mol. The van der Waals surface area contributed by atoms with Crippen molar-refractivity contribution in [2.75, 3.05) is 26.9 Å². The van der Waals surface area contributed by atoms with Crippen molar-refractivity contribution in [2.24, 2.45) is 0 Å². The van der Waals surface area contributed by atoms with E-state index in [0.717, 1.165) is 24.1 Å². The van der Waals surface area contributed by atoms with E-state index in [1.807, 2.05) is 29.2 Å². The monoisotopic (exact) mass is 341 g/mol. The summed E-state index contributed by atoms with van der Waals surface area (Å²) >= 11 is 0. The lowest BCUT2D eigenvalue weighted by Crippen LogP contribution is -2.48. The molecule has 0 radical (unpaired) electrons. The second-order valence-electron chi connectivity index (χ2n) is 6.10. The van der Waals surface area contributed by atoms with Crippen molar-refractivity contribution in [2.45, 2.75) is 25.5 Å². The van der Waals surface area contributed by atoms with E-state index >= 15 is 0 Å². The van der Waals surface area contributed by atoms with Crippen molar-refractivity contribution in [1.82, 2.24) is 14.9 Å². The first-order valence-corrected chi connectivity index (χ1v) is 8.49. The van der Waals surface area contributed by atoms with E-state index in [2.05, 4.69) is 9.97 Å². The zero-order chi connectivity index (χ0) is 17.5. The molecule has 1 saturated heterocycles. The van der Waals surface area contributed by atoms with Gasteiger partial charge in [0.15, 0.2) is 0 Å². The van der Waals surface area contributed by atoms with Crippen LogP contribution in [0.4, 0.5) is 0 Å². The molecule has 1 atom stereocenters. The highest BCUT2D eigenvalue weighted by Gasteiger charge is 2.28. The number of methoxy groups -OCH3 is 1. The molecule has 132 valence electrons. The molecule has 6 nitrogen and oxygen atoms in total. The van der Waals surface area contributed by atoms with Crippen molar-refractivity contribution in [1.29, 1.82) is 0 Å². The summed E-state index contributed by atoms with van der Waals surface area (Å²) in [4.78, 5) is 23.3. The second kappa shape index (κ2) is 8.69. The number of benzene rings is 1. The molecule has 0 aliphatic carbocycles. The fourth-order valence-corrected chi connectivity index (χ4v) is 3.06. The minimum absolute atomic E-state index is 0.0467. The normalized spacial score (nSPS) is 17.5. The quantitative estimate of drug-likeness (QED) is 0.805. The third kappa shape index (κ3) is 4.61. The van der Waals surface area contributed by atoms with E-state index < -0.39 is 0 Å². The molecule has 0 spiro atoms. The summed E-state index contributed by atoms with van der Waals surface area (Å²) in [6.07, 6.45) is 6.70. The number of rotatable bonds is 6. The number of carbonyl (C=O) groups is 1. The van der Waals surface area contributed by atoms with Crippen molar-refractivity contribution >= 4 is 5.91 Å². The maximum Gasteiger partial charge on any atom is 0.254 e. The summed E-state index contributed by atoms with van der Waals surface area (Å²) in [5.41, 5.74) is 2.63. The Bertz CT molecular complexity index is 693. The second-order valence-corrected chi connectivity index (χ2v) is 6.10. The average Bonchev–Trinajstić information content (AvgIpc) is 2.67. The van der Waals surface area contributed by atoms with Crippen LogP contribution in [-0.2, 0) is 22.5 Å². The molecule has 0 unspecified atom stereocenters. The Hall–Kier alpha value is -2.31. The molecule has 25 heavy (non-hydrogen) atoms. The predicted octanol–water partition coefficient (Wildman–Crippen LogP) is 2.10. The SMILES string of the molecule is COCc1cccc(C(=O)N2CCOC[C@@H]2CCc2cnccn2)c1. The van der Waals surface area contributed by atoms with E-state index in [0.29, 0.717) is 31.9 Å². The molecule has 1 fully saturated rings. The minimum Gasteiger partial charge on any atom is -0.380 e. The first-order valence-electron chi connectivity index (χ1n) is 8.49. The molecule has 1 aromatic heterocycles. The summed E-state index contributed by atoms with van der Waals surface area (Å²) in [6.45, 7) is 2.24. The highest BCUT2D eigenvalue weighted by atomic mass is 16.5. The molecule has 0 N–H and O–H groups in total. The van der Waals surface area contributed by atoms with Crippen LogP contribution in [-0.4, -0.2) is 53.7 Å². The number of morpholine rings is 1. The van der Waals surface area contributed by atoms with Crippen LogP contribution in [0.25, 0.3) is 0 Å². The fourth-order valence-electron chi connectivity index (χ4n) is 3.06. The lowest BCUT2D eigenvalue weighted by atomic mass is 10.0. The molecule has 3 rings (SSSR count). The van der Waals surface area contributed by atoms with Crippen LogP contribution in [0.15, 0.2) is 42.9 Å². The van der Waals surface area contributed by atoms with E-state index in [4.69, 9.17) is 9.47 Å². The van der Waals surface area contributed by atoms with Gasteiger partial charge in [-0.25, -0.2) is 0 Å². The standard InChI is InChI=1S/C19H23N3O3/c1-24-13-15-3-2-4-16(11-15)19(23)22-9-10-25-14-18(22)6-5-17-12-20-7-8-21-17/h2-4,7-8,11-12,18H,5-6,9-10,13-14H2,1H3/t18-/m0/s1. The number of amides is 1. The van der Waals surface area contributed by atoms with Gasteiger partial charge in [-0.05, 0) is 30.5 Å². The number of hydrogen-bond acceptors (Lipinski definition) is 5. The zero-order valence-corrected chi connectivity index (χ0v) is 14.4. The molecule has 2 aromatic rings. The topological polar surface area (TPSA) is 64.5 Å². The molecule has 1 aliphatic rings. The molecular weight excluding hydrogens is 318 g/mol. The largest absolute Gasteiger partial charge is 0.380 e. The number of carbonyl (C=O) groups excluding carboxylic acids is 1. The van der Waals surface area contributed by atoms with Gasteiger partial charge in [-0.15, -0.1) is 0 Å². The summed E-state index contributed by atoms with van der Waals surface area (Å²) < 4.78 is 10.8. The van der Waals surface area contributed by atoms with Crippen LogP contribution in [0.2, 0.25) is 0 Å². The third-order valence-corrected chi connectivity index (χ3v) is 4.32. The van der Waals surface area contributed by atoms with E-state index in [-0.39, 0.29) is 11.9 Å². The Morgan fingerprint density at radius 1 is 1.40 bits per heavy atom. The molecule has 1 amide bonds. The maximum absolute atomic E-state index is 13.0. The lowest BCUT2D eigenvalue weighted by Gasteiger charge is -2.35. The van der Waals surface area contributed by atoms with Crippen LogP contribution < -0.4 is 0 Å². The molecule has 0 bridgehead atoms. The number of aryl methyl sites for hydroxylation is 1. The van der Waals surface area contributed by atoms with Gasteiger partial charge in [0.2, 0.25) is 0 Å². The van der Waals surface area contributed by atoms with Gasteiger partial charge in [0, 0.05) is 37.8 Å². The van der Waals surface area contributed by atoms with E-state index in [1.54, 1.807) is 25.7 Å². The number of hydrogen-bond donors (Lipinski definition) is 0. The molecular formula is C19H23N3O3. The molecule has 1 aliphatic heterocycles. The van der Waals surface area contributed by atoms with Crippen LogP contribution in [0, 0.1) is 0 Å². The lowest BCUT2D eigenvalue weighted by molar-refractivity contribution is -0.00414. The van der Waals surface area contributed by atoms with Crippen molar-refractivity contribution in [3.63, 3.8) is 0 Å². The minimum atomic E-state index is 0.0467. The van der Waals surface area contributed by atoms with Crippen LogP contribution in [0.3, 0.4) is 0 Å². The van der Waals surface area contributed by atoms with Gasteiger partial charge in [0.25, 0.3) is 5.91 Å². The number of nitrogens with zero attached hydrogens (tertiary/aromatic N) is 3. The smallest absolute Gasteiger partial charge is 0.254 e. The fraction of sp³-hybridized carbons (Fsp3) is 0.421. The van der Waals surface area contributed by atoms with Gasteiger partial charge in [-0.1, -0.05) is 12.1 Å². The Morgan fingerprint density at radius 2 is 2.32 bits per heavy atom. The first-order chi connectivity index (χ1) is 12.3. The van der Waals surface area contributed by atoms with Gasteiger partial charge in [-0.2, -0.15) is 0 Å². The van der Waals surface area contributed by atoms with Gasteiger partial charge < -0.3 is 14.4 Å². The number of ether oxygens (including phenoxy) is 2. The number of aromatic nitrogens is 2. The molecule has 1 aromatic carbocycles. The van der Waals surface area contributed by atoms with Crippen molar-refractivity contribution in [3.05, 3.63) is 59.7 Å². The van der Waals surface area contributed by atoms with Gasteiger partial charge in [0.1, 0.15) is 0 Å². The summed E-state index contributed by atoms with van der Waals surface area (Å²) in [7, 11) is 1.65. The average molecular weight is 341 g/mol. The molecule has 6 heteroatoms. The zero-order valence-electron chi connectivity index (χ0n) is 14.4. The van der Waals surface area contributed by atoms with Crippen LogP contribution in [0.1, 0.15) is 28.0 Å². The van der Waals surface area contributed by atoms with Gasteiger partial charge in [-0.3, -0.25) is 14.8 Å². The summed E-state index contributed by atoms with van der Waals surface area (Å²) in [5, 5.41) is 0. The summed E-state index contributed by atoms with van der Waals surface area (Å²) in [5.74, 6) is 0.0467. The first kappa shape index (κ1) is 17.5. The Kier molecular flexibility index (Phi) is 6.09. The highest BCUT2D eigenvalue weighted by Crippen LogP contribution is 2.17. The molecule has 2 heterocycles. The van der Waals surface area contributed by atoms with Crippen LogP contribution in [0.5, 0.6) is 0 Å². The van der Waals surface area contributed by atoms with Gasteiger partial charge in [0.05, 0.1) is 31.6 Å². The van der Waals surface area contributed by atoms with Crippen LogP contribution >= 0.6 is 0 Å². The van der Waals surface area contributed by atoms with Crippen molar-refractivity contribution < 1.29 is 14.3 Å². The Labute approximate surface area is 147 Å². The summed E-state index contributed by atoms with van der Waals surface area (Å²) in [6, 6.07) is 7.67. The molecule has 0 saturated carbocycles. The maximum atomic E-state index is 13.0. The third-order valence-electron chi connectivity index (χ3n) is 4.32.